The largest absolute Gasteiger partial charge is 0.324 e. The van der Waals surface area contributed by atoms with Crippen LogP contribution in [0.3, 0.4) is 0 Å². The molecule has 1 atom stereocenters. The van der Waals surface area contributed by atoms with Crippen LogP contribution in [0.4, 0.5) is 0 Å². The number of aryl methyl sites for hydroxylation is 1. The van der Waals surface area contributed by atoms with Gasteiger partial charge in [0.25, 0.3) is 0 Å². The van der Waals surface area contributed by atoms with Crippen LogP contribution < -0.4 is 5.73 Å². The Hall–Kier alpha value is -0.530. The highest BCUT2D eigenvalue weighted by Gasteiger charge is 2.09. The van der Waals surface area contributed by atoms with Crippen LogP contribution >= 0.6 is 11.6 Å². The van der Waals surface area contributed by atoms with Gasteiger partial charge in [-0.1, -0.05) is 17.7 Å². The van der Waals surface area contributed by atoms with Crippen LogP contribution in [-0.2, 0) is 0 Å². The molecule has 0 amide bonds. The van der Waals surface area contributed by atoms with Gasteiger partial charge in [0, 0.05) is 11.1 Å². The molecule has 0 aliphatic rings. The molecule has 66 valence electrons. The lowest BCUT2D eigenvalue weighted by Crippen LogP contribution is -2.08. The molecule has 0 aliphatic heterocycles. The minimum atomic E-state index is 0.0115. The summed E-state index contributed by atoms with van der Waals surface area (Å²) in [4.78, 5) is 0. The van der Waals surface area contributed by atoms with E-state index in [4.69, 9.17) is 17.3 Å². The maximum absolute atomic E-state index is 6.02. The fourth-order valence-electron chi connectivity index (χ4n) is 1.36. The van der Waals surface area contributed by atoms with Gasteiger partial charge >= 0.3 is 0 Å². The summed E-state index contributed by atoms with van der Waals surface area (Å²) in [6, 6.07) is 3.93. The standard InChI is InChI=1S/C10H14ClN/c1-6-4-5-9(11)10(7(6)2)8(3)12/h4-5,8H,12H2,1-3H3. The second-order valence-corrected chi connectivity index (χ2v) is 3.60. The van der Waals surface area contributed by atoms with Gasteiger partial charge in [-0.25, -0.2) is 0 Å². The fourth-order valence-corrected chi connectivity index (χ4v) is 1.74. The van der Waals surface area contributed by atoms with Gasteiger partial charge in [-0.15, -0.1) is 0 Å². The molecule has 1 nitrogen and oxygen atoms in total. The third kappa shape index (κ3) is 1.62. The molecule has 2 N–H and O–H groups in total. The van der Waals surface area contributed by atoms with E-state index in [1.54, 1.807) is 0 Å². The van der Waals surface area contributed by atoms with Crippen LogP contribution in [0.25, 0.3) is 0 Å². The lowest BCUT2D eigenvalue weighted by Gasteiger charge is -2.13. The van der Waals surface area contributed by atoms with Crippen molar-refractivity contribution in [2.75, 3.05) is 0 Å². The van der Waals surface area contributed by atoms with Crippen LogP contribution in [0.5, 0.6) is 0 Å². The Morgan fingerprint density at radius 3 is 2.33 bits per heavy atom. The average molecular weight is 184 g/mol. The molecule has 0 aromatic heterocycles. The summed E-state index contributed by atoms with van der Waals surface area (Å²) >= 11 is 6.02. The van der Waals surface area contributed by atoms with E-state index in [0.29, 0.717) is 0 Å². The summed E-state index contributed by atoms with van der Waals surface area (Å²) in [7, 11) is 0. The molecule has 0 aliphatic carbocycles. The summed E-state index contributed by atoms with van der Waals surface area (Å²) in [6.07, 6.45) is 0. The van der Waals surface area contributed by atoms with Crippen LogP contribution in [-0.4, -0.2) is 0 Å². The van der Waals surface area contributed by atoms with Crippen LogP contribution in [0.15, 0.2) is 12.1 Å². The minimum Gasteiger partial charge on any atom is -0.324 e. The Labute approximate surface area is 78.5 Å². The van der Waals surface area contributed by atoms with Gasteiger partial charge in [-0.3, -0.25) is 0 Å². The number of halogens is 1. The van der Waals surface area contributed by atoms with Crippen LogP contribution in [0.2, 0.25) is 5.02 Å². The molecule has 0 saturated carbocycles. The summed E-state index contributed by atoms with van der Waals surface area (Å²) < 4.78 is 0. The molecule has 0 radical (unpaired) electrons. The van der Waals surface area contributed by atoms with E-state index in [1.165, 1.54) is 11.1 Å². The molecule has 0 fully saturated rings. The molecule has 0 saturated heterocycles. The molecular weight excluding hydrogens is 170 g/mol. The Morgan fingerprint density at radius 2 is 1.92 bits per heavy atom. The van der Waals surface area contributed by atoms with Crippen molar-refractivity contribution in [1.82, 2.24) is 0 Å². The van der Waals surface area contributed by atoms with Crippen molar-refractivity contribution in [3.05, 3.63) is 33.8 Å². The van der Waals surface area contributed by atoms with E-state index in [0.717, 1.165) is 10.6 Å². The monoisotopic (exact) mass is 183 g/mol. The van der Waals surface area contributed by atoms with E-state index in [1.807, 2.05) is 19.1 Å². The first-order valence-corrected chi connectivity index (χ1v) is 4.43. The molecule has 1 unspecified atom stereocenters. The molecular formula is C10H14ClN. The summed E-state index contributed by atoms with van der Waals surface area (Å²) in [5.41, 5.74) is 9.31. The third-order valence-electron chi connectivity index (χ3n) is 2.19. The van der Waals surface area contributed by atoms with Crippen molar-refractivity contribution in [2.45, 2.75) is 26.8 Å². The minimum absolute atomic E-state index is 0.0115. The van der Waals surface area contributed by atoms with Gasteiger partial charge < -0.3 is 5.73 Å². The first kappa shape index (κ1) is 9.56. The zero-order valence-corrected chi connectivity index (χ0v) is 8.44. The van der Waals surface area contributed by atoms with Gasteiger partial charge in [0.1, 0.15) is 0 Å². The normalized spacial score (nSPS) is 13.1. The first-order chi connectivity index (χ1) is 5.54. The summed E-state index contributed by atoms with van der Waals surface area (Å²) in [6.45, 7) is 6.07. The van der Waals surface area contributed by atoms with E-state index in [9.17, 15) is 0 Å². The molecule has 0 spiro atoms. The molecule has 1 aromatic rings. The number of rotatable bonds is 1. The zero-order chi connectivity index (χ0) is 9.30. The maximum Gasteiger partial charge on any atom is 0.0456 e. The van der Waals surface area contributed by atoms with Gasteiger partial charge in [0.15, 0.2) is 0 Å². The molecule has 1 aromatic carbocycles. The van der Waals surface area contributed by atoms with Gasteiger partial charge in [-0.05, 0) is 43.5 Å². The highest BCUT2D eigenvalue weighted by molar-refractivity contribution is 6.31. The highest BCUT2D eigenvalue weighted by Crippen LogP contribution is 2.26. The van der Waals surface area contributed by atoms with Gasteiger partial charge in [0.05, 0.1) is 0 Å². The second-order valence-electron chi connectivity index (χ2n) is 3.19. The molecule has 0 heterocycles. The van der Waals surface area contributed by atoms with Crippen molar-refractivity contribution in [3.8, 4) is 0 Å². The van der Waals surface area contributed by atoms with Crippen molar-refractivity contribution in [1.29, 1.82) is 0 Å². The Morgan fingerprint density at radius 1 is 1.33 bits per heavy atom. The zero-order valence-electron chi connectivity index (χ0n) is 7.69. The molecule has 1 rings (SSSR count). The molecule has 2 heteroatoms. The van der Waals surface area contributed by atoms with E-state index in [-0.39, 0.29) is 6.04 Å². The summed E-state index contributed by atoms with van der Waals surface area (Å²) in [5, 5.41) is 0.771. The van der Waals surface area contributed by atoms with Crippen molar-refractivity contribution in [3.63, 3.8) is 0 Å². The first-order valence-electron chi connectivity index (χ1n) is 4.05. The Bertz CT molecular complexity index is 292. The fraction of sp³-hybridized carbons (Fsp3) is 0.400. The molecule has 0 bridgehead atoms. The summed E-state index contributed by atoms with van der Waals surface area (Å²) in [5.74, 6) is 0. The third-order valence-corrected chi connectivity index (χ3v) is 2.52. The van der Waals surface area contributed by atoms with Gasteiger partial charge in [-0.2, -0.15) is 0 Å². The smallest absolute Gasteiger partial charge is 0.0456 e. The number of hydrogen-bond donors (Lipinski definition) is 1. The average Bonchev–Trinajstić information content (AvgIpc) is 1.97. The second kappa shape index (κ2) is 3.46. The Balaban J connectivity index is 3.33. The van der Waals surface area contributed by atoms with Crippen LogP contribution in [0, 0.1) is 13.8 Å². The lowest BCUT2D eigenvalue weighted by atomic mass is 9.99. The topological polar surface area (TPSA) is 26.0 Å². The predicted octanol–water partition coefficient (Wildman–Crippen LogP) is 2.98. The quantitative estimate of drug-likeness (QED) is 0.712. The lowest BCUT2D eigenvalue weighted by molar-refractivity contribution is 0.808. The van der Waals surface area contributed by atoms with E-state index >= 15 is 0 Å². The number of hydrogen-bond acceptors (Lipinski definition) is 1. The van der Waals surface area contributed by atoms with Crippen molar-refractivity contribution < 1.29 is 0 Å². The SMILES string of the molecule is Cc1ccc(Cl)c(C(C)N)c1C. The van der Waals surface area contributed by atoms with Crippen molar-refractivity contribution in [2.24, 2.45) is 5.73 Å². The van der Waals surface area contributed by atoms with E-state index in [2.05, 4.69) is 13.8 Å². The number of benzene rings is 1. The van der Waals surface area contributed by atoms with Crippen molar-refractivity contribution >= 4 is 11.6 Å². The Kier molecular flexibility index (Phi) is 2.76. The van der Waals surface area contributed by atoms with E-state index < -0.39 is 0 Å². The highest BCUT2D eigenvalue weighted by atomic mass is 35.5. The maximum atomic E-state index is 6.02. The predicted molar refractivity (Wildman–Crippen MR) is 53.5 cm³/mol. The van der Waals surface area contributed by atoms with Gasteiger partial charge in [0.2, 0.25) is 0 Å². The molecule has 12 heavy (non-hydrogen) atoms. The number of nitrogens with two attached hydrogens (primary N) is 1. The van der Waals surface area contributed by atoms with Crippen LogP contribution in [0.1, 0.15) is 29.7 Å².